The third-order valence-corrected chi connectivity index (χ3v) is 4.36. The Kier molecular flexibility index (Phi) is 4.88. The predicted octanol–water partition coefficient (Wildman–Crippen LogP) is 4.78. The van der Waals surface area contributed by atoms with E-state index >= 15 is 0 Å². The molecule has 1 aliphatic rings. The van der Waals surface area contributed by atoms with Crippen LogP contribution in [0.1, 0.15) is 28.8 Å². The Balaban J connectivity index is 1.79. The molecule has 3 rings (SSSR count). The molecule has 2 heterocycles. The molecule has 0 bridgehead atoms. The van der Waals surface area contributed by atoms with Gasteiger partial charge >= 0.3 is 6.18 Å². The van der Waals surface area contributed by atoms with Crippen LogP contribution in [0.15, 0.2) is 36.5 Å². The van der Waals surface area contributed by atoms with Crippen LogP contribution in [0.4, 0.5) is 26.3 Å². The summed E-state index contributed by atoms with van der Waals surface area (Å²) in [5, 5.41) is 0. The summed E-state index contributed by atoms with van der Waals surface area (Å²) in [5.41, 5.74) is -1.10. The maximum absolute atomic E-state index is 13.4. The normalized spacial score (nSPS) is 17.0. The van der Waals surface area contributed by atoms with E-state index in [-0.39, 0.29) is 29.9 Å². The molecular weight excluding hydrogens is 374 g/mol. The number of hydrogen-bond acceptors (Lipinski definition) is 2. The van der Waals surface area contributed by atoms with E-state index in [9.17, 15) is 31.1 Å². The highest BCUT2D eigenvalue weighted by Crippen LogP contribution is 2.34. The average Bonchev–Trinajstić information content (AvgIpc) is 2.61. The fourth-order valence-electron chi connectivity index (χ4n) is 2.81. The molecule has 1 fully saturated rings. The predicted molar refractivity (Wildman–Crippen MR) is 84.7 cm³/mol. The summed E-state index contributed by atoms with van der Waals surface area (Å²) in [6.45, 7) is -0.166. The first-order valence-corrected chi connectivity index (χ1v) is 8.07. The first-order chi connectivity index (χ1) is 12.6. The molecule has 1 aromatic heterocycles. The largest absolute Gasteiger partial charge is 0.419 e. The smallest absolute Gasteiger partial charge is 0.338 e. The highest BCUT2D eigenvalue weighted by Gasteiger charge is 2.36. The molecule has 9 heteroatoms. The Morgan fingerprint density at radius 2 is 1.74 bits per heavy atom. The number of carbonyl (C=O) groups is 1. The second kappa shape index (κ2) is 6.86. The lowest BCUT2D eigenvalue weighted by atomic mass is 10.0. The van der Waals surface area contributed by atoms with Crippen LogP contribution in [0.3, 0.4) is 0 Å². The number of halogens is 6. The van der Waals surface area contributed by atoms with Gasteiger partial charge in [0.15, 0.2) is 0 Å². The van der Waals surface area contributed by atoms with Gasteiger partial charge in [0.25, 0.3) is 11.8 Å². The van der Waals surface area contributed by atoms with Crippen LogP contribution in [0, 0.1) is 5.82 Å². The van der Waals surface area contributed by atoms with Gasteiger partial charge < -0.3 is 4.90 Å². The van der Waals surface area contributed by atoms with Gasteiger partial charge in [0.1, 0.15) is 5.82 Å². The third kappa shape index (κ3) is 4.23. The van der Waals surface area contributed by atoms with Crippen molar-refractivity contribution in [1.29, 1.82) is 0 Å². The average molecular weight is 388 g/mol. The van der Waals surface area contributed by atoms with E-state index in [0.29, 0.717) is 12.1 Å². The van der Waals surface area contributed by atoms with Crippen molar-refractivity contribution in [2.45, 2.75) is 24.9 Å². The van der Waals surface area contributed by atoms with Crippen molar-refractivity contribution in [3.8, 4) is 11.3 Å². The molecule has 0 atom stereocenters. The number of pyridine rings is 1. The van der Waals surface area contributed by atoms with Gasteiger partial charge in [0.05, 0.1) is 16.8 Å². The monoisotopic (exact) mass is 388 g/mol. The van der Waals surface area contributed by atoms with E-state index in [1.807, 2.05) is 0 Å². The minimum Gasteiger partial charge on any atom is -0.338 e. The van der Waals surface area contributed by atoms with Crippen LogP contribution in [0.5, 0.6) is 0 Å². The quantitative estimate of drug-likeness (QED) is 0.694. The Labute approximate surface area is 150 Å². The lowest BCUT2D eigenvalue weighted by molar-refractivity contribution is -0.139. The van der Waals surface area contributed by atoms with E-state index in [2.05, 4.69) is 4.98 Å². The van der Waals surface area contributed by atoms with Gasteiger partial charge in [0, 0.05) is 37.7 Å². The zero-order chi connectivity index (χ0) is 19.8. The topological polar surface area (TPSA) is 33.2 Å². The van der Waals surface area contributed by atoms with Crippen LogP contribution >= 0.6 is 0 Å². The molecular formula is C18H14F6N2O. The number of piperidine rings is 1. The molecule has 0 aliphatic carbocycles. The SMILES string of the molecule is O=C(c1ccc(-c2ccc(F)c(C(F)(F)F)c2)nc1)N1CCC(F)(F)CC1. The number of benzene rings is 1. The number of aromatic nitrogens is 1. The van der Waals surface area contributed by atoms with E-state index < -0.39 is 42.2 Å². The highest BCUT2D eigenvalue weighted by atomic mass is 19.4. The second-order valence-corrected chi connectivity index (χ2v) is 6.27. The van der Waals surface area contributed by atoms with Gasteiger partial charge in [-0.2, -0.15) is 13.2 Å². The van der Waals surface area contributed by atoms with Crippen LogP contribution in [0.25, 0.3) is 11.3 Å². The molecule has 144 valence electrons. The van der Waals surface area contributed by atoms with Crippen molar-refractivity contribution in [1.82, 2.24) is 9.88 Å². The van der Waals surface area contributed by atoms with Crippen LogP contribution in [-0.2, 0) is 6.18 Å². The molecule has 1 saturated heterocycles. The molecule has 1 aliphatic heterocycles. The maximum atomic E-state index is 13.4. The summed E-state index contributed by atoms with van der Waals surface area (Å²) in [6.07, 6.45) is -4.51. The second-order valence-electron chi connectivity index (χ2n) is 6.27. The summed E-state index contributed by atoms with van der Waals surface area (Å²) in [5.74, 6) is -4.64. The number of amides is 1. The fourth-order valence-corrected chi connectivity index (χ4v) is 2.81. The number of carbonyl (C=O) groups excluding carboxylic acids is 1. The van der Waals surface area contributed by atoms with Crippen molar-refractivity contribution in [3.05, 3.63) is 53.5 Å². The Hall–Kier alpha value is -2.58. The Bertz CT molecular complexity index is 838. The van der Waals surface area contributed by atoms with E-state index in [1.54, 1.807) is 0 Å². The molecule has 0 N–H and O–H groups in total. The summed E-state index contributed by atoms with van der Waals surface area (Å²) < 4.78 is 78.1. The zero-order valence-corrected chi connectivity index (χ0v) is 13.9. The molecule has 0 radical (unpaired) electrons. The van der Waals surface area contributed by atoms with Gasteiger partial charge in [-0.05, 0) is 30.3 Å². The zero-order valence-electron chi connectivity index (χ0n) is 13.9. The number of hydrogen-bond donors (Lipinski definition) is 0. The van der Waals surface area contributed by atoms with Gasteiger partial charge in [-0.25, -0.2) is 13.2 Å². The summed E-state index contributed by atoms with van der Waals surface area (Å²) in [7, 11) is 0. The minimum absolute atomic E-state index is 0.0420. The van der Waals surface area contributed by atoms with Gasteiger partial charge in [-0.15, -0.1) is 0 Å². The van der Waals surface area contributed by atoms with Crippen molar-refractivity contribution >= 4 is 5.91 Å². The van der Waals surface area contributed by atoms with Crippen molar-refractivity contribution in [2.75, 3.05) is 13.1 Å². The Morgan fingerprint density at radius 3 is 2.30 bits per heavy atom. The lowest BCUT2D eigenvalue weighted by Crippen LogP contribution is -2.42. The molecule has 2 aromatic rings. The number of alkyl halides is 5. The molecule has 0 spiro atoms. The van der Waals surface area contributed by atoms with Crippen LogP contribution < -0.4 is 0 Å². The summed E-state index contributed by atoms with van der Waals surface area (Å²) >= 11 is 0. The molecule has 27 heavy (non-hydrogen) atoms. The van der Waals surface area contributed by atoms with Crippen molar-refractivity contribution in [3.63, 3.8) is 0 Å². The lowest BCUT2D eigenvalue weighted by Gasteiger charge is -2.31. The third-order valence-electron chi connectivity index (χ3n) is 4.36. The van der Waals surface area contributed by atoms with Crippen LogP contribution in [-0.4, -0.2) is 34.8 Å². The van der Waals surface area contributed by atoms with E-state index in [1.165, 1.54) is 23.2 Å². The molecule has 0 saturated carbocycles. The number of likely N-dealkylation sites (tertiary alicyclic amines) is 1. The van der Waals surface area contributed by atoms with Crippen molar-refractivity contribution < 1.29 is 31.1 Å². The molecule has 0 unspecified atom stereocenters. The standard InChI is InChI=1S/C18H14F6N2O/c19-14-3-1-11(9-13(14)18(22,23)24)15-4-2-12(10-25-15)16(27)26-7-5-17(20,21)6-8-26/h1-4,9-10H,5-8H2. The first-order valence-electron chi connectivity index (χ1n) is 8.07. The molecule has 1 aromatic carbocycles. The van der Waals surface area contributed by atoms with Gasteiger partial charge in [-0.1, -0.05) is 0 Å². The van der Waals surface area contributed by atoms with Gasteiger partial charge in [-0.3, -0.25) is 9.78 Å². The highest BCUT2D eigenvalue weighted by molar-refractivity contribution is 5.94. The summed E-state index contributed by atoms with van der Waals surface area (Å²) in [6, 6.07) is 5.19. The van der Waals surface area contributed by atoms with E-state index in [4.69, 9.17) is 0 Å². The number of nitrogens with zero attached hydrogens (tertiary/aromatic N) is 2. The van der Waals surface area contributed by atoms with E-state index in [0.717, 1.165) is 6.07 Å². The Morgan fingerprint density at radius 1 is 1.07 bits per heavy atom. The minimum atomic E-state index is -4.84. The molecule has 1 amide bonds. The van der Waals surface area contributed by atoms with Crippen LogP contribution in [0.2, 0.25) is 0 Å². The fraction of sp³-hybridized carbons (Fsp3) is 0.333. The van der Waals surface area contributed by atoms with Gasteiger partial charge in [0.2, 0.25) is 0 Å². The molecule has 3 nitrogen and oxygen atoms in total. The van der Waals surface area contributed by atoms with Crippen molar-refractivity contribution in [2.24, 2.45) is 0 Å². The maximum Gasteiger partial charge on any atom is 0.419 e. The summed E-state index contributed by atoms with van der Waals surface area (Å²) in [4.78, 5) is 17.6. The number of rotatable bonds is 2. The first kappa shape index (κ1) is 19.2.